The SMILES string of the molecule is Cc1cc(OCC2C=CC(=O)N=N2)c(C(C)(C)C)cc1Cl. The van der Waals surface area contributed by atoms with E-state index in [1.54, 1.807) is 6.08 Å². The first-order chi connectivity index (χ1) is 9.77. The summed E-state index contributed by atoms with van der Waals surface area (Å²) in [5.74, 6) is 0.467. The highest BCUT2D eigenvalue weighted by atomic mass is 35.5. The van der Waals surface area contributed by atoms with Gasteiger partial charge in [0, 0.05) is 16.7 Å². The Hall–Kier alpha value is -1.68. The highest BCUT2D eigenvalue weighted by Gasteiger charge is 2.21. The van der Waals surface area contributed by atoms with Gasteiger partial charge in [0.1, 0.15) is 18.4 Å². The highest BCUT2D eigenvalue weighted by Crippen LogP contribution is 2.35. The third-order valence-corrected chi connectivity index (χ3v) is 3.65. The molecular weight excluding hydrogens is 288 g/mol. The number of halogens is 1. The molecule has 5 heteroatoms. The van der Waals surface area contributed by atoms with Crippen molar-refractivity contribution in [2.75, 3.05) is 6.61 Å². The van der Waals surface area contributed by atoms with Crippen LogP contribution in [0.2, 0.25) is 5.02 Å². The van der Waals surface area contributed by atoms with Crippen molar-refractivity contribution in [2.45, 2.75) is 39.2 Å². The van der Waals surface area contributed by atoms with E-state index in [0.29, 0.717) is 6.61 Å². The van der Waals surface area contributed by atoms with Crippen molar-refractivity contribution in [1.82, 2.24) is 0 Å². The highest BCUT2D eigenvalue weighted by molar-refractivity contribution is 6.31. The normalized spacial score (nSPS) is 18.1. The van der Waals surface area contributed by atoms with E-state index >= 15 is 0 Å². The number of nitrogens with zero attached hydrogens (tertiary/aromatic N) is 2. The van der Waals surface area contributed by atoms with E-state index in [1.165, 1.54) is 6.08 Å². The van der Waals surface area contributed by atoms with Crippen LogP contribution in [0.3, 0.4) is 0 Å². The van der Waals surface area contributed by atoms with E-state index in [1.807, 2.05) is 19.1 Å². The van der Waals surface area contributed by atoms with Crippen LogP contribution < -0.4 is 4.74 Å². The minimum absolute atomic E-state index is 0.0768. The Balaban J connectivity index is 2.19. The van der Waals surface area contributed by atoms with Crippen LogP contribution in [0.25, 0.3) is 0 Å². The average Bonchev–Trinajstić information content (AvgIpc) is 2.40. The van der Waals surface area contributed by atoms with Crippen molar-refractivity contribution in [3.63, 3.8) is 0 Å². The molecule has 0 radical (unpaired) electrons. The molecule has 21 heavy (non-hydrogen) atoms. The first-order valence-corrected chi connectivity index (χ1v) is 7.21. The standard InChI is InChI=1S/C16H19ClN2O2/c1-10-7-14(12(8-13(10)17)16(2,3)4)21-9-11-5-6-15(20)19-18-11/h5-8,11H,9H2,1-4H3. The Morgan fingerprint density at radius 1 is 1.33 bits per heavy atom. The molecule has 4 nitrogen and oxygen atoms in total. The molecule has 112 valence electrons. The maximum absolute atomic E-state index is 10.9. The smallest absolute Gasteiger partial charge is 0.287 e. The summed E-state index contributed by atoms with van der Waals surface area (Å²) in [5, 5.41) is 8.15. The monoisotopic (exact) mass is 306 g/mol. The third kappa shape index (κ3) is 3.91. The molecule has 2 rings (SSSR count). The molecule has 1 amide bonds. The summed E-state index contributed by atoms with van der Waals surface area (Å²) in [4.78, 5) is 10.9. The van der Waals surface area contributed by atoms with Gasteiger partial charge >= 0.3 is 0 Å². The molecule has 0 bridgehead atoms. The lowest BCUT2D eigenvalue weighted by molar-refractivity contribution is -0.114. The number of hydrogen-bond acceptors (Lipinski definition) is 3. The lowest BCUT2D eigenvalue weighted by Crippen LogP contribution is -2.19. The summed E-state index contributed by atoms with van der Waals surface area (Å²) < 4.78 is 5.90. The summed E-state index contributed by atoms with van der Waals surface area (Å²) in [6.45, 7) is 8.62. The predicted octanol–water partition coefficient (Wildman–Crippen LogP) is 4.24. The number of carbonyl (C=O) groups is 1. The maximum atomic E-state index is 10.9. The molecule has 1 unspecified atom stereocenters. The zero-order valence-electron chi connectivity index (χ0n) is 12.7. The van der Waals surface area contributed by atoms with Crippen LogP contribution in [-0.4, -0.2) is 18.6 Å². The van der Waals surface area contributed by atoms with Crippen LogP contribution in [-0.2, 0) is 10.2 Å². The van der Waals surface area contributed by atoms with Gasteiger partial charge in [-0.3, -0.25) is 4.79 Å². The largest absolute Gasteiger partial charge is 0.491 e. The third-order valence-electron chi connectivity index (χ3n) is 3.24. The van der Waals surface area contributed by atoms with Gasteiger partial charge in [-0.1, -0.05) is 32.4 Å². The minimum atomic E-state index is -0.330. The first-order valence-electron chi connectivity index (χ1n) is 6.84. The molecule has 0 spiro atoms. The number of azo groups is 1. The second-order valence-electron chi connectivity index (χ2n) is 6.14. The maximum Gasteiger partial charge on any atom is 0.287 e. The van der Waals surface area contributed by atoms with Gasteiger partial charge in [-0.2, -0.15) is 5.11 Å². The summed E-state index contributed by atoms with van der Waals surface area (Å²) in [7, 11) is 0. The number of ether oxygens (including phenoxy) is 1. The van der Waals surface area contributed by atoms with E-state index in [9.17, 15) is 4.79 Å². The summed E-state index contributed by atoms with van der Waals surface area (Å²) in [6, 6.07) is 3.66. The van der Waals surface area contributed by atoms with E-state index in [-0.39, 0.29) is 17.4 Å². The number of carbonyl (C=O) groups excluding carboxylic acids is 1. The molecule has 0 saturated heterocycles. The van der Waals surface area contributed by atoms with Crippen molar-refractivity contribution in [3.05, 3.63) is 40.4 Å². The van der Waals surface area contributed by atoms with Gasteiger partial charge in [-0.05, 0) is 36.1 Å². The second kappa shape index (κ2) is 5.98. The fraction of sp³-hybridized carbons (Fsp3) is 0.438. The van der Waals surface area contributed by atoms with Crippen LogP contribution in [0.15, 0.2) is 34.5 Å². The fourth-order valence-electron chi connectivity index (χ4n) is 2.02. The lowest BCUT2D eigenvalue weighted by atomic mass is 9.86. The number of hydrogen-bond donors (Lipinski definition) is 0. The van der Waals surface area contributed by atoms with Crippen molar-refractivity contribution in [1.29, 1.82) is 0 Å². The minimum Gasteiger partial charge on any atom is -0.491 e. The molecule has 1 aromatic rings. The molecular formula is C16H19ClN2O2. The predicted molar refractivity (Wildman–Crippen MR) is 83.2 cm³/mol. The molecule has 0 aromatic heterocycles. The second-order valence-corrected chi connectivity index (χ2v) is 6.55. The lowest BCUT2D eigenvalue weighted by Gasteiger charge is -2.24. The van der Waals surface area contributed by atoms with Crippen LogP contribution in [0.5, 0.6) is 5.75 Å². The molecule has 1 heterocycles. The van der Waals surface area contributed by atoms with Crippen LogP contribution >= 0.6 is 11.6 Å². The van der Waals surface area contributed by atoms with E-state index in [2.05, 4.69) is 31.0 Å². The molecule has 1 aliphatic rings. The number of aryl methyl sites for hydroxylation is 1. The van der Waals surface area contributed by atoms with Gasteiger partial charge in [0.25, 0.3) is 5.91 Å². The summed E-state index contributed by atoms with van der Waals surface area (Å²) in [6.07, 6.45) is 3.12. The van der Waals surface area contributed by atoms with Crippen molar-refractivity contribution in [3.8, 4) is 5.75 Å². The Morgan fingerprint density at radius 3 is 2.62 bits per heavy atom. The first kappa shape index (κ1) is 15.7. The van der Waals surface area contributed by atoms with Gasteiger partial charge in [0.05, 0.1) is 0 Å². The van der Waals surface area contributed by atoms with Crippen LogP contribution in [0.4, 0.5) is 0 Å². The Morgan fingerprint density at radius 2 is 2.05 bits per heavy atom. The van der Waals surface area contributed by atoms with E-state index in [0.717, 1.165) is 21.9 Å². The topological polar surface area (TPSA) is 51.0 Å². The fourth-order valence-corrected chi connectivity index (χ4v) is 2.18. The van der Waals surface area contributed by atoms with Gasteiger partial charge in [-0.15, -0.1) is 5.11 Å². The number of amides is 1. The summed E-state index contributed by atoms with van der Waals surface area (Å²) in [5.41, 5.74) is 1.94. The van der Waals surface area contributed by atoms with Gasteiger partial charge in [0.2, 0.25) is 0 Å². The average molecular weight is 307 g/mol. The zero-order chi connectivity index (χ0) is 15.6. The summed E-state index contributed by atoms with van der Waals surface area (Å²) >= 11 is 6.22. The molecule has 1 aromatic carbocycles. The van der Waals surface area contributed by atoms with E-state index in [4.69, 9.17) is 16.3 Å². The van der Waals surface area contributed by atoms with Crippen LogP contribution in [0, 0.1) is 6.92 Å². The number of benzene rings is 1. The van der Waals surface area contributed by atoms with E-state index < -0.39 is 0 Å². The van der Waals surface area contributed by atoms with Crippen LogP contribution in [0.1, 0.15) is 31.9 Å². The Bertz CT molecular complexity index is 599. The molecule has 0 saturated carbocycles. The van der Waals surface area contributed by atoms with Gasteiger partial charge < -0.3 is 4.74 Å². The van der Waals surface area contributed by atoms with Gasteiger partial charge in [0.15, 0.2) is 0 Å². The molecule has 0 fully saturated rings. The molecule has 1 aliphatic heterocycles. The van der Waals surface area contributed by atoms with Gasteiger partial charge in [-0.25, -0.2) is 0 Å². The Labute approximate surface area is 129 Å². The zero-order valence-corrected chi connectivity index (χ0v) is 13.4. The quantitative estimate of drug-likeness (QED) is 0.838. The van der Waals surface area contributed by atoms with Crippen molar-refractivity contribution in [2.24, 2.45) is 10.2 Å². The molecule has 1 atom stereocenters. The number of rotatable bonds is 3. The van der Waals surface area contributed by atoms with Crippen molar-refractivity contribution < 1.29 is 9.53 Å². The van der Waals surface area contributed by atoms with Crippen molar-refractivity contribution >= 4 is 17.5 Å². The molecule has 0 aliphatic carbocycles. The Kier molecular flexibility index (Phi) is 4.47. The molecule has 0 N–H and O–H groups in total.